The number of benzene rings is 2. The monoisotopic (exact) mass is 352 g/mol. The molecule has 23 heavy (non-hydrogen) atoms. The molecular weight excluding hydrogens is 339 g/mol. The second-order valence-electron chi connectivity index (χ2n) is 4.92. The van der Waals surface area contributed by atoms with Crippen molar-refractivity contribution in [1.82, 2.24) is 0 Å². The molecule has 0 saturated carbocycles. The van der Waals surface area contributed by atoms with Crippen LogP contribution < -0.4 is 20.1 Å². The molecule has 0 aliphatic carbocycles. The first-order valence-electron chi connectivity index (χ1n) is 7.00. The summed E-state index contributed by atoms with van der Waals surface area (Å²) in [6, 6.07) is 10.5. The SMILES string of the molecule is O=C(CCNc1ccc2c(c1)OCO2)Nc1ccc(Cl)cc1Cl. The third-order valence-corrected chi connectivity index (χ3v) is 3.81. The highest BCUT2D eigenvalue weighted by Crippen LogP contribution is 2.34. The molecule has 3 rings (SSSR count). The molecular formula is C16H14Cl2N2O3. The molecule has 0 radical (unpaired) electrons. The summed E-state index contributed by atoms with van der Waals surface area (Å²) in [5, 5.41) is 6.85. The Balaban J connectivity index is 1.49. The maximum Gasteiger partial charge on any atom is 0.231 e. The summed E-state index contributed by atoms with van der Waals surface area (Å²) < 4.78 is 10.5. The largest absolute Gasteiger partial charge is 0.454 e. The minimum absolute atomic E-state index is 0.137. The maximum atomic E-state index is 11.9. The van der Waals surface area contributed by atoms with E-state index in [1.165, 1.54) is 0 Å². The van der Waals surface area contributed by atoms with Crippen LogP contribution in [-0.2, 0) is 4.79 Å². The van der Waals surface area contributed by atoms with Gasteiger partial charge in [0.1, 0.15) is 0 Å². The molecule has 1 aliphatic rings. The smallest absolute Gasteiger partial charge is 0.231 e. The van der Waals surface area contributed by atoms with Crippen LogP contribution >= 0.6 is 23.2 Å². The van der Waals surface area contributed by atoms with Gasteiger partial charge in [-0.3, -0.25) is 4.79 Å². The van der Waals surface area contributed by atoms with Gasteiger partial charge in [-0.25, -0.2) is 0 Å². The Morgan fingerprint density at radius 1 is 1.09 bits per heavy atom. The summed E-state index contributed by atoms with van der Waals surface area (Å²) in [6.07, 6.45) is 0.299. The summed E-state index contributed by atoms with van der Waals surface area (Å²) >= 11 is 11.8. The quantitative estimate of drug-likeness (QED) is 0.847. The van der Waals surface area contributed by atoms with Crippen molar-refractivity contribution in [1.29, 1.82) is 0 Å². The van der Waals surface area contributed by atoms with Gasteiger partial charge in [0, 0.05) is 29.7 Å². The predicted octanol–water partition coefficient (Wildman–Crippen LogP) is 4.16. The first-order valence-corrected chi connectivity index (χ1v) is 7.76. The third-order valence-electron chi connectivity index (χ3n) is 3.26. The summed E-state index contributed by atoms with van der Waals surface area (Å²) in [5.74, 6) is 1.29. The van der Waals surface area contributed by atoms with Crippen LogP contribution in [0.25, 0.3) is 0 Å². The van der Waals surface area contributed by atoms with Crippen molar-refractivity contribution in [3.05, 3.63) is 46.4 Å². The highest BCUT2D eigenvalue weighted by Gasteiger charge is 2.13. The van der Waals surface area contributed by atoms with Gasteiger partial charge in [-0.15, -0.1) is 0 Å². The van der Waals surface area contributed by atoms with Gasteiger partial charge in [-0.1, -0.05) is 23.2 Å². The van der Waals surface area contributed by atoms with E-state index in [4.69, 9.17) is 32.7 Å². The number of fused-ring (bicyclic) bond motifs is 1. The van der Waals surface area contributed by atoms with Gasteiger partial charge in [-0.2, -0.15) is 0 Å². The van der Waals surface area contributed by atoms with Crippen molar-refractivity contribution in [2.75, 3.05) is 24.0 Å². The lowest BCUT2D eigenvalue weighted by molar-refractivity contribution is -0.115. The minimum atomic E-state index is -0.137. The highest BCUT2D eigenvalue weighted by atomic mass is 35.5. The van der Waals surface area contributed by atoms with Crippen molar-refractivity contribution >= 4 is 40.5 Å². The molecule has 0 bridgehead atoms. The zero-order valence-corrected chi connectivity index (χ0v) is 13.6. The van der Waals surface area contributed by atoms with Crippen LogP contribution in [0.15, 0.2) is 36.4 Å². The number of nitrogens with one attached hydrogen (secondary N) is 2. The molecule has 0 aromatic heterocycles. The fourth-order valence-corrected chi connectivity index (χ4v) is 2.59. The standard InChI is InChI=1S/C16H14Cl2N2O3/c17-10-1-3-13(12(18)7-10)20-16(21)5-6-19-11-2-4-14-15(8-11)23-9-22-14/h1-4,7-8,19H,5-6,9H2,(H,20,21). The molecule has 1 heterocycles. The van der Waals surface area contributed by atoms with Gasteiger partial charge in [0.2, 0.25) is 12.7 Å². The summed E-state index contributed by atoms with van der Waals surface area (Å²) in [4.78, 5) is 11.9. The number of halogens is 2. The Kier molecular flexibility index (Phi) is 4.79. The third kappa shape index (κ3) is 4.00. The normalized spacial score (nSPS) is 12.1. The second kappa shape index (κ2) is 6.98. The molecule has 2 N–H and O–H groups in total. The average molecular weight is 353 g/mol. The number of hydrogen-bond acceptors (Lipinski definition) is 4. The lowest BCUT2D eigenvalue weighted by Gasteiger charge is -2.09. The molecule has 2 aromatic rings. The maximum absolute atomic E-state index is 11.9. The van der Waals surface area contributed by atoms with Crippen LogP contribution in [0.2, 0.25) is 10.0 Å². The number of anilines is 2. The van der Waals surface area contributed by atoms with E-state index in [1.807, 2.05) is 18.2 Å². The molecule has 0 fully saturated rings. The van der Waals surface area contributed by atoms with E-state index < -0.39 is 0 Å². The molecule has 2 aromatic carbocycles. The minimum Gasteiger partial charge on any atom is -0.454 e. The molecule has 1 amide bonds. The van der Waals surface area contributed by atoms with Gasteiger partial charge < -0.3 is 20.1 Å². The van der Waals surface area contributed by atoms with Gasteiger partial charge in [0.15, 0.2) is 11.5 Å². The number of amides is 1. The molecule has 0 spiro atoms. The Hall–Kier alpha value is -2.11. The van der Waals surface area contributed by atoms with Crippen LogP contribution in [0, 0.1) is 0 Å². The predicted molar refractivity (Wildman–Crippen MR) is 90.8 cm³/mol. The first-order chi connectivity index (χ1) is 11.1. The zero-order chi connectivity index (χ0) is 16.2. The van der Waals surface area contributed by atoms with E-state index in [-0.39, 0.29) is 12.7 Å². The van der Waals surface area contributed by atoms with Gasteiger partial charge in [0.05, 0.1) is 10.7 Å². The average Bonchev–Trinajstić information content (AvgIpc) is 2.98. The number of rotatable bonds is 5. The van der Waals surface area contributed by atoms with E-state index in [9.17, 15) is 4.79 Å². The van der Waals surface area contributed by atoms with Crippen LogP contribution in [-0.4, -0.2) is 19.2 Å². The van der Waals surface area contributed by atoms with Crippen LogP contribution in [0.1, 0.15) is 6.42 Å². The number of ether oxygens (including phenoxy) is 2. The molecule has 0 saturated heterocycles. The van der Waals surface area contributed by atoms with Crippen molar-refractivity contribution in [3.8, 4) is 11.5 Å². The molecule has 7 heteroatoms. The number of carbonyl (C=O) groups is 1. The topological polar surface area (TPSA) is 59.6 Å². The zero-order valence-electron chi connectivity index (χ0n) is 12.1. The van der Waals surface area contributed by atoms with Crippen molar-refractivity contribution in [2.24, 2.45) is 0 Å². The van der Waals surface area contributed by atoms with Crippen LogP contribution in [0.4, 0.5) is 11.4 Å². The molecule has 5 nitrogen and oxygen atoms in total. The molecule has 120 valence electrons. The lowest BCUT2D eigenvalue weighted by atomic mass is 10.2. The fourth-order valence-electron chi connectivity index (χ4n) is 2.13. The van der Waals surface area contributed by atoms with Gasteiger partial charge >= 0.3 is 0 Å². The van der Waals surface area contributed by atoms with Crippen molar-refractivity contribution in [3.63, 3.8) is 0 Å². The van der Waals surface area contributed by atoms with E-state index in [0.29, 0.717) is 34.4 Å². The van der Waals surface area contributed by atoms with E-state index in [0.717, 1.165) is 11.4 Å². The van der Waals surface area contributed by atoms with Crippen molar-refractivity contribution < 1.29 is 14.3 Å². The second-order valence-corrected chi connectivity index (χ2v) is 5.76. The van der Waals surface area contributed by atoms with E-state index in [1.54, 1.807) is 18.2 Å². The van der Waals surface area contributed by atoms with Gasteiger partial charge in [-0.05, 0) is 30.3 Å². The number of hydrogen-bond donors (Lipinski definition) is 2. The Morgan fingerprint density at radius 3 is 2.74 bits per heavy atom. The van der Waals surface area contributed by atoms with Crippen LogP contribution in [0.5, 0.6) is 11.5 Å². The summed E-state index contributed by atoms with van der Waals surface area (Å²) in [7, 11) is 0. The summed E-state index contributed by atoms with van der Waals surface area (Å²) in [6.45, 7) is 0.722. The Labute approximate surface area is 143 Å². The highest BCUT2D eigenvalue weighted by molar-refractivity contribution is 6.36. The van der Waals surface area contributed by atoms with Gasteiger partial charge in [0.25, 0.3) is 0 Å². The van der Waals surface area contributed by atoms with E-state index >= 15 is 0 Å². The molecule has 0 atom stereocenters. The molecule has 0 unspecified atom stereocenters. The van der Waals surface area contributed by atoms with E-state index in [2.05, 4.69) is 10.6 Å². The first kappa shape index (κ1) is 15.8. The Bertz CT molecular complexity index is 737. The summed E-state index contributed by atoms with van der Waals surface area (Å²) in [5.41, 5.74) is 1.41. The lowest BCUT2D eigenvalue weighted by Crippen LogP contribution is -2.16. The number of carbonyl (C=O) groups excluding carboxylic acids is 1. The van der Waals surface area contributed by atoms with Crippen LogP contribution in [0.3, 0.4) is 0 Å². The Morgan fingerprint density at radius 2 is 1.91 bits per heavy atom. The fraction of sp³-hybridized carbons (Fsp3) is 0.188. The molecule has 1 aliphatic heterocycles. The van der Waals surface area contributed by atoms with Crippen molar-refractivity contribution in [2.45, 2.75) is 6.42 Å².